The number of carbonyl (C=O) groups is 1. The average molecular weight is 801 g/mol. The van der Waals surface area contributed by atoms with Gasteiger partial charge < -0.3 is 20.0 Å². The van der Waals surface area contributed by atoms with Crippen molar-refractivity contribution in [2.75, 3.05) is 88.2 Å². The fourth-order valence-electron chi connectivity index (χ4n) is 5.87. The molecule has 2 saturated heterocycles. The van der Waals surface area contributed by atoms with Crippen LogP contribution in [-0.4, -0.2) is 126 Å². The van der Waals surface area contributed by atoms with Crippen molar-refractivity contribution in [3.63, 3.8) is 0 Å². The molecule has 0 saturated carbocycles. The van der Waals surface area contributed by atoms with Crippen molar-refractivity contribution in [2.24, 2.45) is 0 Å². The van der Waals surface area contributed by atoms with Gasteiger partial charge in [-0.05, 0) is 74.3 Å². The monoisotopic (exact) mass is 800 g/mol. The summed E-state index contributed by atoms with van der Waals surface area (Å²) in [6, 6.07) is 17.7. The van der Waals surface area contributed by atoms with E-state index in [9.17, 15) is 34.8 Å². The van der Waals surface area contributed by atoms with E-state index >= 15 is 0 Å². The molecule has 2 heterocycles. The molecular weight excluding hydrogens is 758 g/mol. The Bertz CT molecular complexity index is 1870. The highest BCUT2D eigenvalue weighted by molar-refractivity contribution is 7.99. The quantitative estimate of drug-likeness (QED) is 0.174. The zero-order chi connectivity index (χ0) is 37.5. The van der Waals surface area contributed by atoms with Crippen LogP contribution in [0.15, 0.2) is 87.5 Å². The lowest BCUT2D eigenvalue weighted by Crippen LogP contribution is -2.44. The molecule has 0 bridgehead atoms. The summed E-state index contributed by atoms with van der Waals surface area (Å²) in [6.45, 7) is 7.26. The Morgan fingerprint density at radius 1 is 0.865 bits per heavy atom. The fraction of sp³-hybridized carbons (Fsp3) is 0.441. The van der Waals surface area contributed by atoms with E-state index in [0.717, 1.165) is 75.1 Å². The summed E-state index contributed by atoms with van der Waals surface area (Å²) in [5, 5.41) is 3.01. The number of sulfone groups is 1. The van der Waals surface area contributed by atoms with Gasteiger partial charge in [0.2, 0.25) is 0 Å². The molecule has 11 nitrogen and oxygen atoms in total. The molecule has 3 aromatic rings. The number of benzene rings is 3. The van der Waals surface area contributed by atoms with E-state index in [0.29, 0.717) is 24.8 Å². The minimum absolute atomic E-state index is 0.0106. The lowest BCUT2D eigenvalue weighted by Gasteiger charge is -2.34. The summed E-state index contributed by atoms with van der Waals surface area (Å²) < 4.78 is 98.8. The van der Waals surface area contributed by atoms with Crippen LogP contribution >= 0.6 is 23.7 Å². The molecular formula is C34H43F3N6O5S4. The third-order valence-electron chi connectivity index (χ3n) is 9.02. The third-order valence-corrected chi connectivity index (χ3v) is 13.9. The maximum absolute atomic E-state index is 14.0. The van der Waals surface area contributed by atoms with Gasteiger partial charge >= 0.3 is 5.51 Å². The molecule has 1 atom stereocenters. The Morgan fingerprint density at radius 3 is 2.13 bits per heavy atom. The summed E-state index contributed by atoms with van der Waals surface area (Å²) in [7, 11) is -8.78. The molecule has 0 spiro atoms. The Balaban J connectivity index is 1.37. The van der Waals surface area contributed by atoms with Gasteiger partial charge in [0.05, 0.1) is 10.6 Å². The van der Waals surface area contributed by atoms with Gasteiger partial charge in [-0.25, -0.2) is 25.9 Å². The number of halogens is 3. The van der Waals surface area contributed by atoms with Gasteiger partial charge in [-0.2, -0.15) is 13.2 Å². The molecule has 2 aliphatic rings. The number of hydrogen-bond donors (Lipinski definition) is 2. The van der Waals surface area contributed by atoms with Crippen LogP contribution in [0.25, 0.3) is 0 Å². The van der Waals surface area contributed by atoms with Crippen LogP contribution in [0.5, 0.6) is 0 Å². The van der Waals surface area contributed by atoms with Crippen molar-refractivity contribution in [2.45, 2.75) is 32.7 Å². The number of alkyl halides is 3. The molecule has 0 aliphatic carbocycles. The Kier molecular flexibility index (Phi) is 13.5. The van der Waals surface area contributed by atoms with E-state index in [1.54, 1.807) is 24.1 Å². The molecule has 5 rings (SSSR count). The van der Waals surface area contributed by atoms with Crippen molar-refractivity contribution >= 4 is 60.9 Å². The molecule has 284 valence electrons. The number of likely N-dealkylation sites (N-methyl/N-ethyl adjacent to an activating group) is 1. The first-order chi connectivity index (χ1) is 24.7. The molecule has 1 amide bonds. The second-order valence-electron chi connectivity index (χ2n) is 12.6. The maximum Gasteiger partial charge on any atom is 0.501 e. The number of rotatable bonds is 14. The number of carbonyl (C=O) groups excluding carboxylic acids is 1. The first-order valence-electron chi connectivity index (χ1n) is 16.7. The van der Waals surface area contributed by atoms with Gasteiger partial charge in [0, 0.05) is 86.8 Å². The summed E-state index contributed by atoms with van der Waals surface area (Å²) in [4.78, 5) is 18.5. The normalized spacial score (nSPS) is 17.5. The van der Waals surface area contributed by atoms with Crippen LogP contribution in [-0.2, 0) is 19.9 Å². The van der Waals surface area contributed by atoms with E-state index < -0.39 is 47.1 Å². The van der Waals surface area contributed by atoms with E-state index in [1.165, 1.54) is 23.9 Å². The Hall–Kier alpha value is -3.00. The van der Waals surface area contributed by atoms with Crippen LogP contribution < -0.4 is 14.9 Å². The molecule has 0 unspecified atom stereocenters. The van der Waals surface area contributed by atoms with Gasteiger partial charge in [-0.1, -0.05) is 30.1 Å². The van der Waals surface area contributed by atoms with Gasteiger partial charge in [0.1, 0.15) is 4.90 Å². The van der Waals surface area contributed by atoms with Crippen LogP contribution in [0, 0.1) is 0 Å². The zero-order valence-corrected chi connectivity index (χ0v) is 32.1. The molecule has 2 aliphatic heterocycles. The standard InChI is InChI=1S/C34H43F3N6O5S4/c1-40-16-20-42(21-17-40)28-10-8-26(9-11-28)33(44)39-52(47,48)30-12-13-31(32(24-30)51(45,46)34(35,36)37)38-27(25-50-29-6-4-3-5-7-29)14-15-41-18-22-43(49-2)23-19-41/h3-13,24,27,38H,14-23,25H2,1-2H3,(H,39,44)/t27-/m1/s1. The number of hydrogen-bond acceptors (Lipinski definition) is 12. The molecule has 2 fully saturated rings. The number of sulfonamides is 1. The number of nitrogens with zero attached hydrogens (tertiary/aromatic N) is 4. The molecule has 52 heavy (non-hydrogen) atoms. The molecule has 3 aromatic carbocycles. The predicted octanol–water partition coefficient (Wildman–Crippen LogP) is 4.71. The van der Waals surface area contributed by atoms with Crippen LogP contribution in [0.2, 0.25) is 0 Å². The molecule has 0 aromatic heterocycles. The fourth-order valence-corrected chi connectivity index (χ4v) is 9.41. The van der Waals surface area contributed by atoms with Crippen LogP contribution in [0.1, 0.15) is 16.8 Å². The van der Waals surface area contributed by atoms with Gasteiger partial charge in [0.15, 0.2) is 0 Å². The van der Waals surface area contributed by atoms with E-state index in [-0.39, 0.29) is 11.3 Å². The molecule has 18 heteroatoms. The van der Waals surface area contributed by atoms with Crippen molar-refractivity contribution in [3.05, 3.63) is 78.4 Å². The van der Waals surface area contributed by atoms with Crippen molar-refractivity contribution in [3.8, 4) is 0 Å². The van der Waals surface area contributed by atoms with Gasteiger partial charge in [-0.15, -0.1) is 11.8 Å². The summed E-state index contributed by atoms with van der Waals surface area (Å²) >= 11 is 3.14. The second kappa shape index (κ2) is 17.4. The number of amides is 1. The van der Waals surface area contributed by atoms with Crippen molar-refractivity contribution in [1.29, 1.82) is 0 Å². The second-order valence-corrected chi connectivity index (χ2v) is 18.2. The first-order valence-corrected chi connectivity index (χ1v) is 21.8. The highest BCUT2D eigenvalue weighted by atomic mass is 32.2. The predicted molar refractivity (Wildman–Crippen MR) is 201 cm³/mol. The van der Waals surface area contributed by atoms with Crippen LogP contribution in [0.4, 0.5) is 24.5 Å². The molecule has 0 radical (unpaired) electrons. The minimum Gasteiger partial charge on any atom is -0.380 e. The maximum atomic E-state index is 14.0. The molecule has 2 N–H and O–H groups in total. The lowest BCUT2D eigenvalue weighted by atomic mass is 10.1. The first kappa shape index (κ1) is 40.2. The van der Waals surface area contributed by atoms with E-state index in [1.807, 2.05) is 48.4 Å². The summed E-state index contributed by atoms with van der Waals surface area (Å²) in [6.07, 6.45) is 2.50. The highest BCUT2D eigenvalue weighted by Gasteiger charge is 2.48. The Morgan fingerprint density at radius 2 is 1.52 bits per heavy atom. The Labute approximate surface area is 312 Å². The number of anilines is 2. The lowest BCUT2D eigenvalue weighted by molar-refractivity contribution is -0.0435. The highest BCUT2D eigenvalue weighted by Crippen LogP contribution is 2.37. The minimum atomic E-state index is -6.02. The largest absolute Gasteiger partial charge is 0.501 e. The summed E-state index contributed by atoms with van der Waals surface area (Å²) in [5.41, 5.74) is -5.23. The SMILES string of the molecule is CSN1CCN(CC[C@H](CSc2ccccc2)Nc2ccc(S(=O)(=O)NC(=O)c3ccc(N4CCN(C)CC4)cc3)cc2S(=O)(=O)C(F)(F)F)CC1. The number of piperazine rings is 2. The van der Waals surface area contributed by atoms with E-state index in [4.69, 9.17) is 0 Å². The topological polar surface area (TPSA) is 122 Å². The van der Waals surface area contributed by atoms with Crippen LogP contribution in [0.3, 0.4) is 0 Å². The van der Waals surface area contributed by atoms with Gasteiger partial charge in [-0.3, -0.25) is 4.79 Å². The number of thioether (sulfide) groups is 1. The summed E-state index contributed by atoms with van der Waals surface area (Å²) in [5.74, 6) is -0.618. The van der Waals surface area contributed by atoms with E-state index in [2.05, 4.69) is 24.3 Å². The van der Waals surface area contributed by atoms with Crippen molar-refractivity contribution in [1.82, 2.24) is 18.8 Å². The van der Waals surface area contributed by atoms with Gasteiger partial charge in [0.25, 0.3) is 25.8 Å². The number of nitrogens with one attached hydrogen (secondary N) is 2. The average Bonchev–Trinajstić information content (AvgIpc) is 3.13. The van der Waals surface area contributed by atoms with Crippen molar-refractivity contribution < 1.29 is 34.8 Å². The third kappa shape index (κ3) is 10.4. The zero-order valence-electron chi connectivity index (χ0n) is 28.9. The smallest absolute Gasteiger partial charge is 0.380 e.